The highest BCUT2D eigenvalue weighted by Gasteiger charge is 2.08. The predicted molar refractivity (Wildman–Crippen MR) is 90.6 cm³/mol. The molecule has 0 bridgehead atoms. The van der Waals surface area contributed by atoms with E-state index in [0.29, 0.717) is 0 Å². The molecule has 0 saturated carbocycles. The maximum absolute atomic E-state index is 13.6. The van der Waals surface area contributed by atoms with Crippen LogP contribution in [0.5, 0.6) is 0 Å². The van der Waals surface area contributed by atoms with Crippen LogP contribution in [-0.2, 0) is 6.42 Å². The molecular formula is C21H19F. The van der Waals surface area contributed by atoms with E-state index in [-0.39, 0.29) is 5.82 Å². The van der Waals surface area contributed by atoms with Gasteiger partial charge in [0, 0.05) is 0 Å². The van der Waals surface area contributed by atoms with E-state index in [9.17, 15) is 4.39 Å². The maximum atomic E-state index is 13.6. The Balaban J connectivity index is 2.02. The molecule has 0 heterocycles. The monoisotopic (exact) mass is 290 g/mol. The van der Waals surface area contributed by atoms with Crippen molar-refractivity contribution < 1.29 is 4.39 Å². The van der Waals surface area contributed by atoms with Crippen LogP contribution in [0, 0.1) is 19.7 Å². The lowest BCUT2D eigenvalue weighted by atomic mass is 9.93. The Kier molecular flexibility index (Phi) is 4.06. The molecule has 0 nitrogen and oxygen atoms in total. The zero-order valence-electron chi connectivity index (χ0n) is 12.9. The molecule has 0 aromatic heterocycles. The molecule has 0 aliphatic carbocycles. The van der Waals surface area contributed by atoms with Gasteiger partial charge < -0.3 is 0 Å². The maximum Gasteiger partial charge on any atom is 0.123 e. The number of rotatable bonds is 3. The highest BCUT2D eigenvalue weighted by Crippen LogP contribution is 2.29. The number of aryl methyl sites for hydroxylation is 2. The van der Waals surface area contributed by atoms with Crippen molar-refractivity contribution in [2.24, 2.45) is 0 Å². The Labute approximate surface area is 131 Å². The number of benzene rings is 3. The second-order valence-electron chi connectivity index (χ2n) is 5.77. The molecule has 22 heavy (non-hydrogen) atoms. The lowest BCUT2D eigenvalue weighted by Crippen LogP contribution is -1.93. The van der Waals surface area contributed by atoms with Crippen LogP contribution in [-0.4, -0.2) is 0 Å². The van der Waals surface area contributed by atoms with Crippen molar-refractivity contribution in [3.8, 4) is 11.1 Å². The van der Waals surface area contributed by atoms with Gasteiger partial charge in [-0.15, -0.1) is 0 Å². The summed E-state index contributed by atoms with van der Waals surface area (Å²) in [5.74, 6) is -0.187. The summed E-state index contributed by atoms with van der Waals surface area (Å²) in [6.07, 6.45) is 0.891. The smallest absolute Gasteiger partial charge is 0.123 e. The SMILES string of the molecule is Cc1ccc(F)cc1-c1cc(Cc2ccccc2)ccc1C. The summed E-state index contributed by atoms with van der Waals surface area (Å²) >= 11 is 0. The molecule has 0 unspecified atom stereocenters. The van der Waals surface area contributed by atoms with Crippen LogP contribution >= 0.6 is 0 Å². The van der Waals surface area contributed by atoms with Gasteiger partial charge in [0.1, 0.15) is 5.82 Å². The van der Waals surface area contributed by atoms with Crippen molar-refractivity contribution in [2.45, 2.75) is 20.3 Å². The summed E-state index contributed by atoms with van der Waals surface area (Å²) < 4.78 is 13.6. The van der Waals surface area contributed by atoms with Crippen LogP contribution in [0.15, 0.2) is 66.7 Å². The Morgan fingerprint density at radius 2 is 1.32 bits per heavy atom. The first-order valence-electron chi connectivity index (χ1n) is 7.53. The van der Waals surface area contributed by atoms with Gasteiger partial charge in [0.2, 0.25) is 0 Å². The molecule has 0 N–H and O–H groups in total. The Morgan fingerprint density at radius 3 is 2.05 bits per heavy atom. The predicted octanol–water partition coefficient (Wildman–Crippen LogP) is 5.70. The molecule has 0 spiro atoms. The van der Waals surface area contributed by atoms with E-state index >= 15 is 0 Å². The third-order valence-corrected chi connectivity index (χ3v) is 4.04. The van der Waals surface area contributed by atoms with E-state index < -0.39 is 0 Å². The zero-order chi connectivity index (χ0) is 15.5. The Bertz CT molecular complexity index is 788. The van der Waals surface area contributed by atoms with Gasteiger partial charge in [-0.25, -0.2) is 4.39 Å². The van der Waals surface area contributed by atoms with Gasteiger partial charge in [-0.1, -0.05) is 54.6 Å². The van der Waals surface area contributed by atoms with Gasteiger partial charge in [0.15, 0.2) is 0 Å². The normalized spacial score (nSPS) is 10.7. The molecular weight excluding hydrogens is 271 g/mol. The first kappa shape index (κ1) is 14.5. The molecule has 0 saturated heterocycles. The minimum atomic E-state index is -0.187. The first-order chi connectivity index (χ1) is 10.6. The Hall–Kier alpha value is -2.41. The van der Waals surface area contributed by atoms with Crippen LogP contribution in [0.1, 0.15) is 22.3 Å². The molecule has 0 aliphatic rings. The zero-order valence-corrected chi connectivity index (χ0v) is 12.9. The van der Waals surface area contributed by atoms with Crippen LogP contribution < -0.4 is 0 Å². The molecule has 0 aliphatic heterocycles. The van der Waals surface area contributed by atoms with E-state index in [1.807, 2.05) is 19.1 Å². The largest absolute Gasteiger partial charge is 0.207 e. The van der Waals surface area contributed by atoms with Gasteiger partial charge in [0.05, 0.1) is 0 Å². The van der Waals surface area contributed by atoms with Crippen LogP contribution in [0.2, 0.25) is 0 Å². The highest BCUT2D eigenvalue weighted by atomic mass is 19.1. The molecule has 0 fully saturated rings. The van der Waals surface area contributed by atoms with Crippen molar-refractivity contribution in [1.29, 1.82) is 0 Å². The molecule has 3 rings (SSSR count). The first-order valence-corrected chi connectivity index (χ1v) is 7.53. The quantitative estimate of drug-likeness (QED) is 0.580. The number of hydrogen-bond donors (Lipinski definition) is 0. The molecule has 0 amide bonds. The van der Waals surface area contributed by atoms with E-state index in [4.69, 9.17) is 0 Å². The van der Waals surface area contributed by atoms with Gasteiger partial charge >= 0.3 is 0 Å². The molecule has 0 atom stereocenters. The van der Waals surface area contributed by atoms with Crippen molar-refractivity contribution in [2.75, 3.05) is 0 Å². The lowest BCUT2D eigenvalue weighted by Gasteiger charge is -2.12. The molecule has 3 aromatic rings. The summed E-state index contributed by atoms with van der Waals surface area (Å²) in [6, 6.07) is 21.9. The van der Waals surface area contributed by atoms with Gasteiger partial charge in [-0.2, -0.15) is 0 Å². The van der Waals surface area contributed by atoms with Gasteiger partial charge in [-0.3, -0.25) is 0 Å². The number of hydrogen-bond acceptors (Lipinski definition) is 0. The molecule has 110 valence electrons. The van der Waals surface area contributed by atoms with Crippen molar-refractivity contribution in [3.05, 3.63) is 94.8 Å². The summed E-state index contributed by atoms with van der Waals surface area (Å²) in [4.78, 5) is 0. The van der Waals surface area contributed by atoms with E-state index in [1.54, 1.807) is 6.07 Å². The van der Waals surface area contributed by atoms with E-state index in [2.05, 4.69) is 49.4 Å². The average Bonchev–Trinajstić information content (AvgIpc) is 2.53. The minimum absolute atomic E-state index is 0.187. The van der Waals surface area contributed by atoms with Gasteiger partial charge in [-0.05, 0) is 65.8 Å². The van der Waals surface area contributed by atoms with Gasteiger partial charge in [0.25, 0.3) is 0 Å². The van der Waals surface area contributed by atoms with Crippen LogP contribution in [0.3, 0.4) is 0 Å². The fraction of sp³-hybridized carbons (Fsp3) is 0.143. The van der Waals surface area contributed by atoms with Crippen LogP contribution in [0.4, 0.5) is 4.39 Å². The Morgan fingerprint density at radius 1 is 0.682 bits per heavy atom. The highest BCUT2D eigenvalue weighted by molar-refractivity contribution is 5.71. The summed E-state index contributed by atoms with van der Waals surface area (Å²) in [6.45, 7) is 4.10. The summed E-state index contributed by atoms with van der Waals surface area (Å²) in [7, 11) is 0. The topological polar surface area (TPSA) is 0 Å². The number of halogens is 1. The van der Waals surface area contributed by atoms with E-state index in [0.717, 1.165) is 23.1 Å². The van der Waals surface area contributed by atoms with E-state index in [1.165, 1.54) is 22.8 Å². The fourth-order valence-corrected chi connectivity index (χ4v) is 2.79. The average molecular weight is 290 g/mol. The third kappa shape index (κ3) is 3.09. The summed E-state index contributed by atoms with van der Waals surface area (Å²) in [5.41, 5.74) is 6.90. The molecule has 0 radical (unpaired) electrons. The lowest BCUT2D eigenvalue weighted by molar-refractivity contribution is 0.628. The summed E-state index contributed by atoms with van der Waals surface area (Å²) in [5, 5.41) is 0. The van der Waals surface area contributed by atoms with Crippen molar-refractivity contribution in [3.63, 3.8) is 0 Å². The minimum Gasteiger partial charge on any atom is -0.207 e. The standard InChI is InChI=1S/C21H19F/c1-15-8-10-18(12-17-6-4-3-5-7-17)13-20(15)21-14-19(22)11-9-16(21)2/h3-11,13-14H,12H2,1-2H3. The second kappa shape index (κ2) is 6.15. The van der Waals surface area contributed by atoms with Crippen molar-refractivity contribution >= 4 is 0 Å². The second-order valence-corrected chi connectivity index (χ2v) is 5.77. The fourth-order valence-electron chi connectivity index (χ4n) is 2.79. The van der Waals surface area contributed by atoms with Crippen LogP contribution in [0.25, 0.3) is 11.1 Å². The third-order valence-electron chi connectivity index (χ3n) is 4.04. The van der Waals surface area contributed by atoms with Crippen molar-refractivity contribution in [1.82, 2.24) is 0 Å². The molecule has 3 aromatic carbocycles. The molecule has 1 heteroatoms.